The molecule has 4 aromatic rings. The van der Waals surface area contributed by atoms with Gasteiger partial charge in [-0.1, -0.05) is 24.3 Å². The van der Waals surface area contributed by atoms with E-state index in [0.717, 1.165) is 28.5 Å². The van der Waals surface area contributed by atoms with E-state index < -0.39 is 10.2 Å². The Morgan fingerprint density at radius 2 is 1.78 bits per heavy atom. The molecular weight excluding hydrogens is 474 g/mol. The number of anilines is 2. The van der Waals surface area contributed by atoms with E-state index in [2.05, 4.69) is 15.3 Å². The van der Waals surface area contributed by atoms with Gasteiger partial charge >= 0.3 is 10.2 Å². The molecule has 1 N–H and O–H groups in total. The third-order valence-electron chi connectivity index (χ3n) is 6.47. The highest BCUT2D eigenvalue weighted by atomic mass is 32.2. The molecule has 0 unspecified atom stereocenters. The number of carbonyl (C=O) groups excluding carboxylic acids is 1. The molecule has 1 aromatic heterocycles. The third kappa shape index (κ3) is 4.43. The summed E-state index contributed by atoms with van der Waals surface area (Å²) in [6, 6.07) is 18.5. The van der Waals surface area contributed by atoms with Gasteiger partial charge in [-0.15, -0.1) is 0 Å². The van der Waals surface area contributed by atoms with Gasteiger partial charge in [0, 0.05) is 48.5 Å². The molecule has 184 valence electrons. The minimum Gasteiger partial charge on any atom is -0.322 e. The van der Waals surface area contributed by atoms with Gasteiger partial charge < -0.3 is 5.32 Å². The van der Waals surface area contributed by atoms with Gasteiger partial charge in [-0.2, -0.15) is 12.7 Å². The normalized spacial score (nSPS) is 15.7. The van der Waals surface area contributed by atoms with E-state index in [1.165, 1.54) is 8.61 Å². The van der Waals surface area contributed by atoms with Gasteiger partial charge in [0.1, 0.15) is 0 Å². The van der Waals surface area contributed by atoms with E-state index in [0.29, 0.717) is 41.4 Å². The summed E-state index contributed by atoms with van der Waals surface area (Å²) in [4.78, 5) is 22.3. The Hall–Kier alpha value is -3.82. The predicted octanol–water partition coefficient (Wildman–Crippen LogP) is 4.55. The van der Waals surface area contributed by atoms with Gasteiger partial charge in [0.05, 0.1) is 11.2 Å². The van der Waals surface area contributed by atoms with Gasteiger partial charge in [0.2, 0.25) is 0 Å². The highest BCUT2D eigenvalue weighted by Crippen LogP contribution is 2.28. The molecule has 1 fully saturated rings. The largest absolute Gasteiger partial charge is 0.322 e. The fraction of sp³-hybridized carbons (Fsp3) is 0.222. The second-order valence-corrected chi connectivity index (χ2v) is 11.0. The maximum absolute atomic E-state index is 13.1. The average Bonchev–Trinajstić information content (AvgIpc) is 2.86. The lowest BCUT2D eigenvalue weighted by Gasteiger charge is -2.34. The summed E-state index contributed by atoms with van der Waals surface area (Å²) >= 11 is 0. The predicted molar refractivity (Wildman–Crippen MR) is 142 cm³/mol. The van der Waals surface area contributed by atoms with Crippen LogP contribution in [0.25, 0.3) is 22.3 Å². The van der Waals surface area contributed by atoms with Gasteiger partial charge in [-0.3, -0.25) is 9.10 Å². The van der Waals surface area contributed by atoms with Crippen molar-refractivity contribution in [2.75, 3.05) is 29.8 Å². The summed E-state index contributed by atoms with van der Waals surface area (Å²) in [5, 5.41) is 3.93. The van der Waals surface area contributed by atoms with Gasteiger partial charge in [0.15, 0.2) is 5.82 Å². The Morgan fingerprint density at radius 1 is 0.972 bits per heavy atom. The van der Waals surface area contributed by atoms with E-state index in [9.17, 15) is 13.2 Å². The lowest BCUT2D eigenvalue weighted by Crippen LogP contribution is -2.48. The summed E-state index contributed by atoms with van der Waals surface area (Å²) in [5.41, 5.74) is 5.04. The van der Waals surface area contributed by atoms with Crippen LogP contribution in [0.5, 0.6) is 0 Å². The summed E-state index contributed by atoms with van der Waals surface area (Å²) in [5.74, 6) is 0.322. The number of hydrogen-bond donors (Lipinski definition) is 1. The lowest BCUT2D eigenvalue weighted by atomic mass is 10.0. The number of aryl methyl sites for hydroxylation is 2. The Balaban J connectivity index is 1.40. The van der Waals surface area contributed by atoms with Crippen molar-refractivity contribution in [3.05, 3.63) is 83.6 Å². The van der Waals surface area contributed by atoms with E-state index in [1.807, 2.05) is 56.3 Å². The Morgan fingerprint density at radius 3 is 2.58 bits per heavy atom. The molecule has 36 heavy (non-hydrogen) atoms. The monoisotopic (exact) mass is 501 g/mol. The van der Waals surface area contributed by atoms with Gasteiger partial charge in [-0.05, 0) is 67.8 Å². The van der Waals surface area contributed by atoms with Crippen LogP contribution in [0.2, 0.25) is 0 Å². The first-order valence-electron chi connectivity index (χ1n) is 11.7. The number of amides is 1. The van der Waals surface area contributed by atoms with E-state index in [4.69, 9.17) is 0 Å². The molecule has 3 aromatic carbocycles. The molecule has 0 radical (unpaired) electrons. The summed E-state index contributed by atoms with van der Waals surface area (Å²) in [7, 11) is -1.97. The number of para-hydroxylation sites is 1. The number of rotatable bonds is 4. The Bertz CT molecular complexity index is 1590. The maximum atomic E-state index is 13.1. The number of fused-ring (bicyclic) bond motifs is 1. The minimum absolute atomic E-state index is 0.271. The van der Waals surface area contributed by atoms with Gasteiger partial charge in [0.25, 0.3) is 5.91 Å². The van der Waals surface area contributed by atoms with Gasteiger partial charge in [-0.25, -0.2) is 9.97 Å². The van der Waals surface area contributed by atoms with Crippen LogP contribution in [-0.4, -0.2) is 48.7 Å². The van der Waals surface area contributed by atoms with E-state index in [-0.39, 0.29) is 5.91 Å². The highest BCUT2D eigenvalue weighted by molar-refractivity contribution is 7.90. The minimum atomic E-state index is -3.55. The average molecular weight is 502 g/mol. The number of carbonyl (C=O) groups is 1. The molecule has 9 heteroatoms. The molecule has 8 nitrogen and oxygen atoms in total. The molecule has 0 aliphatic carbocycles. The molecule has 5 rings (SSSR count). The van der Waals surface area contributed by atoms with Crippen molar-refractivity contribution >= 4 is 38.4 Å². The summed E-state index contributed by atoms with van der Waals surface area (Å²) < 4.78 is 28.1. The van der Waals surface area contributed by atoms with E-state index >= 15 is 0 Å². The first kappa shape index (κ1) is 23.9. The third-order valence-corrected chi connectivity index (χ3v) is 8.40. The Labute approximate surface area is 210 Å². The number of hydrogen-bond acceptors (Lipinski definition) is 5. The molecule has 1 amide bonds. The number of aromatic nitrogens is 2. The van der Waals surface area contributed by atoms with Crippen molar-refractivity contribution in [1.29, 1.82) is 0 Å². The molecule has 0 saturated carbocycles. The fourth-order valence-electron chi connectivity index (χ4n) is 4.40. The first-order chi connectivity index (χ1) is 17.2. The fourth-order valence-corrected chi connectivity index (χ4v) is 5.83. The zero-order chi connectivity index (χ0) is 25.4. The number of nitrogens with zero attached hydrogens (tertiary/aromatic N) is 4. The van der Waals surface area contributed by atoms with Crippen molar-refractivity contribution in [2.24, 2.45) is 0 Å². The molecule has 0 spiro atoms. The second-order valence-electron chi connectivity index (χ2n) is 8.99. The van der Waals surface area contributed by atoms with Crippen LogP contribution >= 0.6 is 0 Å². The van der Waals surface area contributed by atoms with E-state index in [1.54, 1.807) is 31.4 Å². The Kier molecular flexibility index (Phi) is 6.19. The van der Waals surface area contributed by atoms with Crippen molar-refractivity contribution in [3.63, 3.8) is 0 Å². The summed E-state index contributed by atoms with van der Waals surface area (Å²) in [6.45, 7) is 4.71. The zero-order valence-corrected chi connectivity index (χ0v) is 21.2. The summed E-state index contributed by atoms with van der Waals surface area (Å²) in [6.07, 6.45) is 2.54. The lowest BCUT2D eigenvalue weighted by molar-refractivity contribution is 0.102. The van der Waals surface area contributed by atoms with Crippen LogP contribution in [0, 0.1) is 13.8 Å². The number of nitrogens with one attached hydrogen (secondary N) is 1. The second kappa shape index (κ2) is 9.33. The SMILES string of the molecule is Cc1cc(N2CCCN(C)S2(=O)=O)ccc1C(=O)Nc1ccc(C)c(-c2ncc3ccccc3n2)c1. The van der Waals surface area contributed by atoms with Crippen molar-refractivity contribution in [2.45, 2.75) is 20.3 Å². The molecule has 1 aliphatic heterocycles. The topological polar surface area (TPSA) is 95.5 Å². The molecular formula is C27H27N5O3S. The van der Waals surface area contributed by atoms with Crippen molar-refractivity contribution < 1.29 is 13.2 Å². The van der Waals surface area contributed by atoms with Crippen LogP contribution in [0.3, 0.4) is 0 Å². The molecule has 1 aliphatic rings. The quantitative estimate of drug-likeness (QED) is 0.443. The smallest absolute Gasteiger partial charge is 0.303 e. The number of benzene rings is 3. The maximum Gasteiger partial charge on any atom is 0.303 e. The van der Waals surface area contributed by atoms with Crippen molar-refractivity contribution in [1.82, 2.24) is 14.3 Å². The van der Waals surface area contributed by atoms with Crippen LogP contribution < -0.4 is 9.62 Å². The molecule has 0 atom stereocenters. The van der Waals surface area contributed by atoms with Crippen LogP contribution in [0.1, 0.15) is 27.9 Å². The molecule has 1 saturated heterocycles. The van der Waals surface area contributed by atoms with Crippen molar-refractivity contribution in [3.8, 4) is 11.4 Å². The molecule has 0 bridgehead atoms. The molecule has 2 heterocycles. The highest BCUT2D eigenvalue weighted by Gasteiger charge is 2.31. The zero-order valence-electron chi connectivity index (χ0n) is 20.4. The standard InChI is InChI=1S/C27H27N5O3S/c1-18-9-10-21(16-24(18)26-28-17-20-7-4-5-8-25(20)30-26)29-27(33)23-12-11-22(15-19(23)2)32-14-6-13-31(3)36(32,34)35/h4-5,7-12,15-17H,6,13-14H2,1-3H3,(H,29,33). The van der Waals surface area contributed by atoms with Crippen LogP contribution in [0.4, 0.5) is 11.4 Å². The van der Waals surface area contributed by atoms with Crippen LogP contribution in [0.15, 0.2) is 66.9 Å². The van der Waals surface area contributed by atoms with Crippen LogP contribution in [-0.2, 0) is 10.2 Å². The first-order valence-corrected chi connectivity index (χ1v) is 13.1.